The van der Waals surface area contributed by atoms with Crippen LogP contribution < -0.4 is 0 Å². The van der Waals surface area contributed by atoms with Gasteiger partial charge in [0.15, 0.2) is 0 Å². The Morgan fingerprint density at radius 1 is 0.909 bits per heavy atom. The van der Waals surface area contributed by atoms with Gasteiger partial charge in [0.25, 0.3) is 0 Å². The molecule has 2 aromatic rings. The third-order valence-corrected chi connectivity index (χ3v) is 5.88. The molecule has 1 saturated carbocycles. The number of rotatable bonds is 2. The van der Waals surface area contributed by atoms with Crippen LogP contribution in [-0.4, -0.2) is 12.6 Å². The Bertz CT molecular complexity index is 780. The second-order valence-corrected chi connectivity index (χ2v) is 6.54. The second-order valence-electron chi connectivity index (χ2n) is 6.54. The molecule has 1 heterocycles. The molecule has 4 atom stereocenters. The van der Waals surface area contributed by atoms with Crippen LogP contribution in [0.1, 0.15) is 17.0 Å². The lowest BCUT2D eigenvalue weighted by Gasteiger charge is -2.22. The first-order valence-corrected chi connectivity index (χ1v) is 7.78. The summed E-state index contributed by atoms with van der Waals surface area (Å²) < 4.78 is 5.55. The van der Waals surface area contributed by atoms with Crippen molar-refractivity contribution in [2.24, 2.45) is 11.3 Å². The summed E-state index contributed by atoms with van der Waals surface area (Å²) in [7, 11) is 0. The molecule has 22 heavy (non-hydrogen) atoms. The molecular formula is C20H16O2. The third-order valence-electron chi connectivity index (χ3n) is 5.88. The van der Waals surface area contributed by atoms with Gasteiger partial charge in [-0.25, -0.2) is 0 Å². The third kappa shape index (κ3) is 1.14. The van der Waals surface area contributed by atoms with Gasteiger partial charge in [-0.05, 0) is 11.1 Å². The number of hydrogen-bond donors (Lipinski definition) is 0. The van der Waals surface area contributed by atoms with Crippen LogP contribution in [0, 0.1) is 11.3 Å². The van der Waals surface area contributed by atoms with Crippen molar-refractivity contribution < 1.29 is 9.53 Å². The molecule has 0 aromatic heterocycles. The van der Waals surface area contributed by atoms with Crippen molar-refractivity contribution in [2.75, 3.05) is 6.61 Å². The SMILES string of the molecule is O=C1OCC23C(C=C[C@H]2c2ccccc2)[C@]13c1ccccc1. The van der Waals surface area contributed by atoms with Gasteiger partial charge in [-0.2, -0.15) is 0 Å². The minimum atomic E-state index is -0.469. The molecule has 0 amide bonds. The lowest BCUT2D eigenvalue weighted by Crippen LogP contribution is -2.26. The van der Waals surface area contributed by atoms with Gasteiger partial charge in [0.1, 0.15) is 5.41 Å². The number of allylic oxidation sites excluding steroid dienone is 2. The number of carbonyl (C=O) groups is 1. The van der Waals surface area contributed by atoms with E-state index in [1.807, 2.05) is 24.3 Å². The van der Waals surface area contributed by atoms with Crippen molar-refractivity contribution in [3.8, 4) is 0 Å². The highest BCUT2D eigenvalue weighted by molar-refractivity contribution is 5.94. The first-order valence-electron chi connectivity index (χ1n) is 7.78. The van der Waals surface area contributed by atoms with Gasteiger partial charge >= 0.3 is 5.97 Å². The molecule has 2 fully saturated rings. The summed E-state index contributed by atoms with van der Waals surface area (Å²) in [6, 6.07) is 20.6. The summed E-state index contributed by atoms with van der Waals surface area (Å²) in [4.78, 5) is 12.7. The van der Waals surface area contributed by atoms with E-state index in [2.05, 4.69) is 48.6 Å². The molecule has 0 bridgehead atoms. The van der Waals surface area contributed by atoms with E-state index in [1.165, 1.54) is 5.56 Å². The minimum Gasteiger partial charge on any atom is -0.464 e. The van der Waals surface area contributed by atoms with Crippen molar-refractivity contribution in [3.63, 3.8) is 0 Å². The van der Waals surface area contributed by atoms with Crippen LogP contribution in [0.4, 0.5) is 0 Å². The highest BCUT2D eigenvalue weighted by atomic mass is 16.5. The van der Waals surface area contributed by atoms with Crippen molar-refractivity contribution >= 4 is 5.97 Å². The van der Waals surface area contributed by atoms with Gasteiger partial charge in [-0.15, -0.1) is 0 Å². The fourth-order valence-corrected chi connectivity index (χ4v) is 4.98. The zero-order valence-corrected chi connectivity index (χ0v) is 12.1. The van der Waals surface area contributed by atoms with Crippen LogP contribution in [0.2, 0.25) is 0 Å². The summed E-state index contributed by atoms with van der Waals surface area (Å²) in [5, 5.41) is 0. The molecule has 2 unspecified atom stereocenters. The van der Waals surface area contributed by atoms with Gasteiger partial charge in [0.05, 0.1) is 6.61 Å². The predicted octanol–water partition coefficient (Wildman–Crippen LogP) is 3.45. The fraction of sp³-hybridized carbons (Fsp3) is 0.250. The van der Waals surface area contributed by atoms with Crippen LogP contribution >= 0.6 is 0 Å². The normalized spacial score (nSPS) is 37.5. The Morgan fingerprint density at radius 3 is 2.32 bits per heavy atom. The summed E-state index contributed by atoms with van der Waals surface area (Å²) in [6.45, 7) is 0.526. The first-order chi connectivity index (χ1) is 10.8. The molecule has 2 aromatic carbocycles. The first kappa shape index (κ1) is 12.2. The number of ether oxygens (including phenoxy) is 1. The van der Waals surface area contributed by atoms with Crippen molar-refractivity contribution in [1.82, 2.24) is 0 Å². The lowest BCUT2D eigenvalue weighted by molar-refractivity contribution is -0.142. The summed E-state index contributed by atoms with van der Waals surface area (Å²) in [5.74, 6) is 0.480. The molecule has 5 rings (SSSR count). The molecule has 2 nitrogen and oxygen atoms in total. The monoisotopic (exact) mass is 288 g/mol. The topological polar surface area (TPSA) is 26.3 Å². The van der Waals surface area contributed by atoms with E-state index >= 15 is 0 Å². The Morgan fingerprint density at radius 2 is 1.59 bits per heavy atom. The molecule has 0 N–H and O–H groups in total. The molecule has 1 aliphatic heterocycles. The largest absolute Gasteiger partial charge is 0.464 e. The molecule has 1 spiro atoms. The average Bonchev–Trinajstić information content (AvgIpc) is 2.83. The minimum absolute atomic E-state index is 0.0472. The van der Waals surface area contributed by atoms with E-state index < -0.39 is 5.41 Å². The maximum Gasteiger partial charge on any atom is 0.317 e. The summed E-state index contributed by atoms with van der Waals surface area (Å²) in [6.07, 6.45) is 4.51. The zero-order chi connectivity index (χ0) is 14.8. The number of benzene rings is 2. The number of esters is 1. The Kier molecular flexibility index (Phi) is 2.16. The highest BCUT2D eigenvalue weighted by Gasteiger charge is 2.88. The van der Waals surface area contributed by atoms with E-state index in [1.54, 1.807) is 0 Å². The fourth-order valence-electron chi connectivity index (χ4n) is 4.98. The lowest BCUT2D eigenvalue weighted by atomic mass is 9.77. The zero-order valence-electron chi connectivity index (χ0n) is 12.1. The Hall–Kier alpha value is -2.35. The standard InChI is InChI=1S/C20H16O2/c21-18-20(15-9-5-2-6-10-15)17-12-11-16(19(17,20)13-22-18)14-7-3-1-4-8-14/h1-12,16-17H,13H2/t16-,17?,19?,20+/m0/s1. The van der Waals surface area contributed by atoms with E-state index in [0.29, 0.717) is 6.61 Å². The van der Waals surface area contributed by atoms with Crippen LogP contribution in [-0.2, 0) is 14.9 Å². The number of cyclic esters (lactones) is 1. The van der Waals surface area contributed by atoms with Crippen molar-refractivity contribution in [3.05, 3.63) is 83.9 Å². The summed E-state index contributed by atoms with van der Waals surface area (Å²) in [5.41, 5.74) is 1.79. The van der Waals surface area contributed by atoms with Crippen LogP contribution in [0.3, 0.4) is 0 Å². The maximum absolute atomic E-state index is 12.7. The molecule has 2 heteroatoms. The number of fused-ring (bicyclic) bond motifs is 1. The van der Waals surface area contributed by atoms with Crippen molar-refractivity contribution in [2.45, 2.75) is 11.3 Å². The molecular weight excluding hydrogens is 272 g/mol. The molecule has 0 radical (unpaired) electrons. The predicted molar refractivity (Wildman–Crippen MR) is 83.3 cm³/mol. The van der Waals surface area contributed by atoms with E-state index in [9.17, 15) is 4.79 Å². The Labute approximate surface area is 129 Å². The van der Waals surface area contributed by atoms with Gasteiger partial charge in [-0.3, -0.25) is 4.79 Å². The Balaban J connectivity index is 1.69. The van der Waals surface area contributed by atoms with E-state index in [-0.39, 0.29) is 23.2 Å². The van der Waals surface area contributed by atoms with E-state index in [0.717, 1.165) is 5.56 Å². The summed E-state index contributed by atoms with van der Waals surface area (Å²) >= 11 is 0. The van der Waals surface area contributed by atoms with Gasteiger partial charge in [0.2, 0.25) is 0 Å². The number of hydrogen-bond acceptors (Lipinski definition) is 2. The highest BCUT2D eigenvalue weighted by Crippen LogP contribution is 2.81. The quantitative estimate of drug-likeness (QED) is 0.625. The smallest absolute Gasteiger partial charge is 0.317 e. The van der Waals surface area contributed by atoms with Gasteiger partial charge in [0, 0.05) is 17.3 Å². The molecule has 3 aliphatic rings. The molecule has 1 saturated heterocycles. The van der Waals surface area contributed by atoms with Gasteiger partial charge < -0.3 is 4.74 Å². The maximum atomic E-state index is 12.7. The van der Waals surface area contributed by atoms with Crippen LogP contribution in [0.5, 0.6) is 0 Å². The second kappa shape index (κ2) is 3.89. The van der Waals surface area contributed by atoms with Crippen LogP contribution in [0.25, 0.3) is 0 Å². The van der Waals surface area contributed by atoms with Crippen molar-refractivity contribution in [1.29, 1.82) is 0 Å². The van der Waals surface area contributed by atoms with Gasteiger partial charge in [-0.1, -0.05) is 72.8 Å². The molecule has 108 valence electrons. The molecule has 2 aliphatic carbocycles. The number of carbonyl (C=O) groups excluding carboxylic acids is 1. The van der Waals surface area contributed by atoms with Crippen LogP contribution in [0.15, 0.2) is 72.8 Å². The average molecular weight is 288 g/mol. The van der Waals surface area contributed by atoms with E-state index in [4.69, 9.17) is 4.74 Å².